The van der Waals surface area contributed by atoms with Crippen molar-refractivity contribution in [3.05, 3.63) is 35.2 Å². The summed E-state index contributed by atoms with van der Waals surface area (Å²) in [5.41, 5.74) is 5.48. The third-order valence-corrected chi connectivity index (χ3v) is 4.19. The van der Waals surface area contributed by atoms with Crippen LogP contribution in [0.3, 0.4) is 0 Å². The van der Waals surface area contributed by atoms with Crippen LogP contribution in [0.25, 0.3) is 10.1 Å². The fourth-order valence-electron chi connectivity index (χ4n) is 1.85. The van der Waals surface area contributed by atoms with E-state index >= 15 is 0 Å². The molecular weight excluding hydrogens is 270 g/mol. The molecule has 98 valence electrons. The maximum absolute atomic E-state index is 10.7. The molecule has 2 unspecified atom stereocenters. The van der Waals surface area contributed by atoms with Gasteiger partial charge in [0.2, 0.25) is 0 Å². The smallest absolute Gasteiger partial charge is 0.302 e. The van der Waals surface area contributed by atoms with Crippen molar-refractivity contribution in [2.24, 2.45) is 5.73 Å². The minimum Gasteiger partial charge on any atom is -0.330 e. The maximum Gasteiger partial charge on any atom is 0.302 e. The normalized spacial score (nSPS) is 14.8. The van der Waals surface area contributed by atoms with Gasteiger partial charge >= 0.3 is 11.4 Å². The highest BCUT2D eigenvalue weighted by Crippen LogP contribution is 2.27. The van der Waals surface area contributed by atoms with Crippen LogP contribution < -0.4 is 5.73 Å². The molecule has 0 saturated carbocycles. The fraction of sp³-hybridized carbons (Fsp3) is 0.333. The van der Waals surface area contributed by atoms with E-state index < -0.39 is 11.4 Å². The molecule has 1 aromatic carbocycles. The van der Waals surface area contributed by atoms with E-state index in [0.717, 1.165) is 4.88 Å². The molecule has 1 aromatic heterocycles. The van der Waals surface area contributed by atoms with Crippen molar-refractivity contribution in [1.29, 1.82) is 0 Å². The Morgan fingerprint density at radius 2 is 2.22 bits per heavy atom. The molecule has 0 bridgehead atoms. The highest BCUT2D eigenvalue weighted by Gasteiger charge is 2.14. The Morgan fingerprint density at radius 1 is 1.44 bits per heavy atom. The summed E-state index contributed by atoms with van der Waals surface area (Å²) in [4.78, 5) is 1.14. The van der Waals surface area contributed by atoms with Gasteiger partial charge in [0.15, 0.2) is 0 Å². The molecule has 0 fully saturated rings. The molecule has 0 aliphatic rings. The van der Waals surface area contributed by atoms with Gasteiger partial charge in [0.25, 0.3) is 0 Å². The first-order valence-corrected chi connectivity index (χ1v) is 7.49. The monoisotopic (exact) mass is 285 g/mol. The number of hydrogen-bond donors (Lipinski definition) is 2. The largest absolute Gasteiger partial charge is 0.330 e. The van der Waals surface area contributed by atoms with E-state index in [-0.39, 0.29) is 6.10 Å². The predicted octanol–water partition coefficient (Wildman–Crippen LogP) is 2.31. The highest BCUT2D eigenvalue weighted by atomic mass is 32.2. The lowest BCUT2D eigenvalue weighted by Gasteiger charge is -2.12. The van der Waals surface area contributed by atoms with Crippen LogP contribution in [0.4, 0.5) is 0 Å². The zero-order chi connectivity index (χ0) is 13.0. The minimum atomic E-state index is -2.24. The molecular formula is C12H15NO3S2. The number of fused-ring (bicyclic) bond motifs is 1. The van der Waals surface area contributed by atoms with Gasteiger partial charge in [-0.3, -0.25) is 8.74 Å². The van der Waals surface area contributed by atoms with Crippen LogP contribution in [-0.4, -0.2) is 21.4 Å². The lowest BCUT2D eigenvalue weighted by molar-refractivity contribution is 0.197. The summed E-state index contributed by atoms with van der Waals surface area (Å²) < 4.78 is 25.6. The second kappa shape index (κ2) is 6.40. The van der Waals surface area contributed by atoms with E-state index in [1.165, 1.54) is 10.1 Å². The number of thiophene rings is 1. The lowest BCUT2D eigenvalue weighted by Crippen LogP contribution is -2.20. The molecule has 1 heterocycles. The first-order chi connectivity index (χ1) is 8.69. The predicted molar refractivity (Wildman–Crippen MR) is 74.8 cm³/mol. The van der Waals surface area contributed by atoms with Crippen LogP contribution in [0.5, 0.6) is 0 Å². The van der Waals surface area contributed by atoms with E-state index in [1.807, 2.05) is 12.1 Å². The Morgan fingerprint density at radius 3 is 2.89 bits per heavy atom. The summed E-state index contributed by atoms with van der Waals surface area (Å²) in [6.45, 7) is 0.437. The number of rotatable bonds is 6. The van der Waals surface area contributed by atoms with Gasteiger partial charge in [-0.05, 0) is 30.5 Å². The molecule has 0 saturated heterocycles. The zero-order valence-corrected chi connectivity index (χ0v) is 11.4. The van der Waals surface area contributed by atoms with Gasteiger partial charge in [-0.25, -0.2) is 0 Å². The van der Waals surface area contributed by atoms with Crippen LogP contribution in [0.2, 0.25) is 0 Å². The Bertz CT molecular complexity index is 508. The molecule has 0 radical (unpaired) electrons. The van der Waals surface area contributed by atoms with Gasteiger partial charge in [-0.2, -0.15) is 4.21 Å². The summed E-state index contributed by atoms with van der Waals surface area (Å²) in [7, 11) is 0. The van der Waals surface area contributed by atoms with Crippen LogP contribution in [0.15, 0.2) is 30.3 Å². The Hall–Kier alpha value is -0.790. The van der Waals surface area contributed by atoms with E-state index in [0.29, 0.717) is 19.4 Å². The minimum absolute atomic E-state index is 0.311. The molecule has 4 nitrogen and oxygen atoms in total. The van der Waals surface area contributed by atoms with Crippen molar-refractivity contribution in [2.75, 3.05) is 6.54 Å². The maximum atomic E-state index is 10.7. The molecule has 0 spiro atoms. The average molecular weight is 285 g/mol. The van der Waals surface area contributed by atoms with Gasteiger partial charge in [-0.15, -0.1) is 11.3 Å². The molecule has 6 heteroatoms. The molecule has 3 N–H and O–H groups in total. The summed E-state index contributed by atoms with van der Waals surface area (Å²) in [5.74, 6) is 0. The Balaban J connectivity index is 2.12. The molecule has 18 heavy (non-hydrogen) atoms. The van der Waals surface area contributed by atoms with Crippen molar-refractivity contribution in [2.45, 2.75) is 18.9 Å². The van der Waals surface area contributed by atoms with Crippen molar-refractivity contribution in [3.63, 3.8) is 0 Å². The topological polar surface area (TPSA) is 72.5 Å². The third-order valence-electron chi connectivity index (χ3n) is 2.61. The zero-order valence-electron chi connectivity index (χ0n) is 9.74. The standard InChI is InChI=1S/C12H15NO3S2/c13-6-5-10(16-18(14)15)8-11-7-9-3-1-2-4-12(9)17-11/h1-4,7,10H,5-6,8,13H2,(H,14,15). The molecule has 0 amide bonds. The third kappa shape index (κ3) is 3.60. The molecule has 0 aliphatic carbocycles. The second-order valence-electron chi connectivity index (χ2n) is 3.97. The molecule has 0 aliphatic heterocycles. The number of nitrogens with two attached hydrogens (primary N) is 1. The van der Waals surface area contributed by atoms with Gasteiger partial charge < -0.3 is 5.73 Å². The summed E-state index contributed by atoms with van der Waals surface area (Å²) in [6.07, 6.45) is 0.873. The summed E-state index contributed by atoms with van der Waals surface area (Å²) in [6, 6.07) is 10.2. The van der Waals surface area contributed by atoms with E-state index in [4.69, 9.17) is 14.5 Å². The SMILES string of the molecule is NCCC(Cc1cc2ccccc2s1)OS(=O)O. The first-order valence-electron chi connectivity index (χ1n) is 5.64. The van der Waals surface area contributed by atoms with Crippen LogP contribution in [0, 0.1) is 0 Å². The van der Waals surface area contributed by atoms with Crippen LogP contribution in [-0.2, 0) is 22.0 Å². The van der Waals surface area contributed by atoms with Gasteiger partial charge in [-0.1, -0.05) is 18.2 Å². The van der Waals surface area contributed by atoms with Crippen molar-refractivity contribution < 1.29 is 12.9 Å². The van der Waals surface area contributed by atoms with Gasteiger partial charge in [0.1, 0.15) is 0 Å². The molecule has 2 rings (SSSR count). The number of hydrogen-bond acceptors (Lipinski definition) is 4. The van der Waals surface area contributed by atoms with Crippen molar-refractivity contribution >= 4 is 32.8 Å². The number of benzene rings is 1. The van der Waals surface area contributed by atoms with Crippen molar-refractivity contribution in [3.8, 4) is 0 Å². The van der Waals surface area contributed by atoms with E-state index in [9.17, 15) is 4.21 Å². The lowest BCUT2D eigenvalue weighted by atomic mass is 10.1. The van der Waals surface area contributed by atoms with Crippen LogP contribution in [0.1, 0.15) is 11.3 Å². The Labute approximate surface area is 112 Å². The van der Waals surface area contributed by atoms with Gasteiger partial charge in [0.05, 0.1) is 6.10 Å². The molecule has 2 aromatic rings. The quantitative estimate of drug-likeness (QED) is 0.799. The van der Waals surface area contributed by atoms with Crippen molar-refractivity contribution in [1.82, 2.24) is 0 Å². The van der Waals surface area contributed by atoms with Crippen LogP contribution >= 0.6 is 11.3 Å². The Kier molecular flexibility index (Phi) is 4.85. The second-order valence-corrected chi connectivity index (χ2v) is 5.76. The van der Waals surface area contributed by atoms with E-state index in [1.54, 1.807) is 11.3 Å². The van der Waals surface area contributed by atoms with Gasteiger partial charge in [0, 0.05) is 16.0 Å². The summed E-state index contributed by atoms with van der Waals surface area (Å²) >= 11 is -0.562. The van der Waals surface area contributed by atoms with E-state index in [2.05, 4.69) is 18.2 Å². The first kappa shape index (κ1) is 13.6. The fourth-order valence-corrected chi connectivity index (χ4v) is 3.37. The molecule has 2 atom stereocenters. The highest BCUT2D eigenvalue weighted by molar-refractivity contribution is 7.74. The average Bonchev–Trinajstić information content (AvgIpc) is 2.70. The summed E-state index contributed by atoms with van der Waals surface area (Å²) in [5, 5.41) is 1.19.